The first-order chi connectivity index (χ1) is 14.2. The molecule has 0 bridgehead atoms. The minimum Gasteiger partial charge on any atom is -0.454 e. The lowest BCUT2D eigenvalue weighted by Crippen LogP contribution is -3.06. The maximum Gasteiger partial charge on any atom is 0.260 e. The summed E-state index contributed by atoms with van der Waals surface area (Å²) in [5.41, 5.74) is 3.04. The minimum absolute atomic E-state index is 0.0824. The summed E-state index contributed by atoms with van der Waals surface area (Å²) in [5, 5.41) is 2.67. The molecule has 0 aliphatic carbocycles. The van der Waals surface area contributed by atoms with Crippen molar-refractivity contribution in [3.8, 4) is 22.6 Å². The van der Waals surface area contributed by atoms with E-state index in [1.807, 2.05) is 53.9 Å². The van der Waals surface area contributed by atoms with Gasteiger partial charge in [0.2, 0.25) is 6.79 Å². The zero-order chi connectivity index (χ0) is 19.8. The van der Waals surface area contributed by atoms with Crippen molar-refractivity contribution < 1.29 is 14.4 Å². The Morgan fingerprint density at radius 3 is 2.79 bits per heavy atom. The van der Waals surface area contributed by atoms with Crippen LogP contribution in [-0.2, 0) is 13.1 Å². The topological polar surface area (TPSA) is 68.7 Å². The molecule has 1 unspecified atom stereocenters. The summed E-state index contributed by atoms with van der Waals surface area (Å²) >= 11 is 1.51. The van der Waals surface area contributed by atoms with Crippen LogP contribution in [-0.4, -0.2) is 23.8 Å². The summed E-state index contributed by atoms with van der Waals surface area (Å²) in [4.78, 5) is 22.5. The van der Waals surface area contributed by atoms with Gasteiger partial charge in [0.1, 0.15) is 17.9 Å². The number of quaternary nitrogens is 1. The van der Waals surface area contributed by atoms with Crippen molar-refractivity contribution in [3.05, 3.63) is 75.7 Å². The van der Waals surface area contributed by atoms with Crippen molar-refractivity contribution in [1.82, 2.24) is 9.97 Å². The summed E-state index contributed by atoms with van der Waals surface area (Å²) < 4.78 is 10.8. The maximum atomic E-state index is 12.8. The first-order valence-corrected chi connectivity index (χ1v) is 10.3. The van der Waals surface area contributed by atoms with Crippen LogP contribution in [0.5, 0.6) is 11.5 Å². The molecular weight excluding hydrogens is 386 g/mol. The second-order valence-electron chi connectivity index (χ2n) is 7.21. The third kappa shape index (κ3) is 3.50. The highest BCUT2D eigenvalue weighted by Gasteiger charge is 2.17. The third-order valence-corrected chi connectivity index (χ3v) is 5.86. The van der Waals surface area contributed by atoms with Crippen LogP contribution in [0, 0.1) is 0 Å². The highest BCUT2D eigenvalue weighted by atomic mass is 32.1. The Labute approximate surface area is 171 Å². The molecule has 2 N–H and O–H groups in total. The monoisotopic (exact) mass is 406 g/mol. The fraction of sp³-hybridized carbons (Fsp3) is 0.182. The van der Waals surface area contributed by atoms with Gasteiger partial charge in [-0.25, -0.2) is 4.98 Å². The number of H-pyrrole nitrogens is 1. The molecule has 5 rings (SSSR count). The smallest absolute Gasteiger partial charge is 0.260 e. The Bertz CT molecular complexity index is 1230. The molecule has 1 aliphatic heterocycles. The molecule has 29 heavy (non-hydrogen) atoms. The largest absolute Gasteiger partial charge is 0.454 e. The van der Waals surface area contributed by atoms with Crippen LogP contribution < -0.4 is 19.9 Å². The molecule has 6 nitrogen and oxygen atoms in total. The number of benzene rings is 2. The molecule has 7 heteroatoms. The highest BCUT2D eigenvalue weighted by Crippen LogP contribution is 2.32. The van der Waals surface area contributed by atoms with Gasteiger partial charge in [-0.15, -0.1) is 11.3 Å². The molecule has 146 valence electrons. The first-order valence-electron chi connectivity index (χ1n) is 9.43. The first kappa shape index (κ1) is 17.9. The van der Waals surface area contributed by atoms with E-state index in [0.717, 1.165) is 39.6 Å². The summed E-state index contributed by atoms with van der Waals surface area (Å²) in [7, 11) is 2.08. The molecule has 2 aromatic carbocycles. The number of aromatic nitrogens is 2. The van der Waals surface area contributed by atoms with Gasteiger partial charge >= 0.3 is 0 Å². The fourth-order valence-electron chi connectivity index (χ4n) is 3.66. The zero-order valence-corrected chi connectivity index (χ0v) is 16.7. The van der Waals surface area contributed by atoms with Crippen LogP contribution in [0.15, 0.2) is 58.7 Å². The van der Waals surface area contributed by atoms with Crippen molar-refractivity contribution in [3.63, 3.8) is 0 Å². The Morgan fingerprint density at radius 1 is 1.10 bits per heavy atom. The average Bonchev–Trinajstić information content (AvgIpc) is 3.35. The highest BCUT2D eigenvalue weighted by molar-refractivity contribution is 7.17. The van der Waals surface area contributed by atoms with Crippen LogP contribution in [0.25, 0.3) is 21.3 Å². The van der Waals surface area contributed by atoms with Crippen molar-refractivity contribution in [2.45, 2.75) is 13.1 Å². The Balaban J connectivity index is 1.37. The van der Waals surface area contributed by atoms with E-state index in [2.05, 4.69) is 12.0 Å². The van der Waals surface area contributed by atoms with Crippen LogP contribution in [0.4, 0.5) is 0 Å². The van der Waals surface area contributed by atoms with E-state index >= 15 is 0 Å². The van der Waals surface area contributed by atoms with E-state index < -0.39 is 0 Å². The van der Waals surface area contributed by atoms with Crippen molar-refractivity contribution in [2.24, 2.45) is 0 Å². The molecule has 0 amide bonds. The molecule has 0 saturated carbocycles. The fourth-order valence-corrected chi connectivity index (χ4v) is 4.62. The number of fused-ring (bicyclic) bond motifs is 2. The Kier molecular flexibility index (Phi) is 4.54. The van der Waals surface area contributed by atoms with Crippen LogP contribution in [0.3, 0.4) is 0 Å². The van der Waals surface area contributed by atoms with E-state index in [0.29, 0.717) is 17.8 Å². The summed E-state index contributed by atoms with van der Waals surface area (Å²) in [6.07, 6.45) is 0. The standard InChI is InChI=1S/C22H19N3O3S/c1-25(10-14-7-8-17-18(9-14)28-13-27-17)11-19-23-21(26)20-16(12-29-22(20)24-19)15-5-3-2-4-6-15/h2-9,12H,10-11,13H2,1H3,(H,23,24,26)/p+1. The molecule has 0 spiro atoms. The Hall–Kier alpha value is -3.16. The molecule has 0 radical (unpaired) electrons. The molecule has 0 saturated heterocycles. The zero-order valence-electron chi connectivity index (χ0n) is 15.9. The number of hydrogen-bond donors (Lipinski definition) is 2. The van der Waals surface area contributed by atoms with E-state index in [1.165, 1.54) is 16.2 Å². The number of hydrogen-bond acceptors (Lipinski definition) is 5. The van der Waals surface area contributed by atoms with E-state index in [4.69, 9.17) is 14.5 Å². The molecule has 2 aromatic heterocycles. The summed E-state index contributed by atoms with van der Waals surface area (Å²) in [6, 6.07) is 15.9. The second kappa shape index (κ2) is 7.35. The summed E-state index contributed by atoms with van der Waals surface area (Å²) in [6.45, 7) is 1.69. The second-order valence-corrected chi connectivity index (χ2v) is 8.06. The maximum absolute atomic E-state index is 12.8. The van der Waals surface area contributed by atoms with Gasteiger partial charge in [0.05, 0.1) is 12.4 Å². The molecular formula is C22H20N3O3S+. The van der Waals surface area contributed by atoms with Gasteiger partial charge in [-0.1, -0.05) is 30.3 Å². The number of thiophene rings is 1. The summed E-state index contributed by atoms with van der Waals surface area (Å²) in [5.74, 6) is 2.27. The van der Waals surface area contributed by atoms with Crippen LogP contribution >= 0.6 is 11.3 Å². The van der Waals surface area contributed by atoms with Crippen molar-refractivity contribution in [2.75, 3.05) is 13.8 Å². The van der Waals surface area contributed by atoms with E-state index in [1.54, 1.807) is 0 Å². The van der Waals surface area contributed by atoms with Gasteiger partial charge in [0.25, 0.3) is 5.56 Å². The molecule has 4 aromatic rings. The van der Waals surface area contributed by atoms with Gasteiger partial charge in [-0.05, 0) is 23.8 Å². The SMILES string of the molecule is C[NH+](Cc1ccc2c(c1)OCO2)Cc1nc2scc(-c3ccccc3)c2c(=O)[nH]1. The normalized spacial score (nSPS) is 13.7. The predicted octanol–water partition coefficient (Wildman–Crippen LogP) is 2.60. The van der Waals surface area contributed by atoms with Gasteiger partial charge in [-0.3, -0.25) is 4.79 Å². The molecule has 1 atom stereocenters. The lowest BCUT2D eigenvalue weighted by atomic mass is 10.1. The number of ether oxygens (including phenoxy) is 2. The van der Waals surface area contributed by atoms with E-state index in [9.17, 15) is 4.79 Å². The Morgan fingerprint density at radius 2 is 1.93 bits per heavy atom. The van der Waals surface area contributed by atoms with Crippen LogP contribution in [0.2, 0.25) is 0 Å². The van der Waals surface area contributed by atoms with Gasteiger partial charge in [-0.2, -0.15) is 0 Å². The lowest BCUT2D eigenvalue weighted by Gasteiger charge is -2.13. The molecule has 3 heterocycles. The number of aromatic amines is 1. The van der Waals surface area contributed by atoms with Gasteiger partial charge in [0.15, 0.2) is 17.3 Å². The average molecular weight is 406 g/mol. The van der Waals surface area contributed by atoms with Gasteiger partial charge in [0, 0.05) is 16.5 Å². The molecule has 0 fully saturated rings. The van der Waals surface area contributed by atoms with Crippen molar-refractivity contribution >= 4 is 21.6 Å². The minimum atomic E-state index is -0.0824. The van der Waals surface area contributed by atoms with Gasteiger partial charge < -0.3 is 19.4 Å². The lowest BCUT2D eigenvalue weighted by molar-refractivity contribution is -0.908. The van der Waals surface area contributed by atoms with Crippen LogP contribution in [0.1, 0.15) is 11.4 Å². The number of nitrogens with one attached hydrogen (secondary N) is 2. The molecule has 1 aliphatic rings. The third-order valence-electron chi connectivity index (χ3n) is 4.99. The number of nitrogens with zero attached hydrogens (tertiary/aromatic N) is 1. The quantitative estimate of drug-likeness (QED) is 0.535. The number of rotatable bonds is 5. The van der Waals surface area contributed by atoms with Crippen molar-refractivity contribution in [1.29, 1.82) is 0 Å². The van der Waals surface area contributed by atoms with E-state index in [-0.39, 0.29) is 12.4 Å². The predicted molar refractivity (Wildman–Crippen MR) is 113 cm³/mol.